The number of nitrogens with zero attached hydrogens (tertiary/aromatic N) is 3. The maximum absolute atomic E-state index is 12.8. The molecule has 1 amide bonds. The fraction of sp³-hybridized carbons (Fsp3) is 0.208. The lowest BCUT2D eigenvalue weighted by atomic mass is 10.1. The molecule has 0 radical (unpaired) electrons. The Labute approximate surface area is 179 Å². The van der Waals surface area contributed by atoms with E-state index in [9.17, 15) is 4.79 Å². The summed E-state index contributed by atoms with van der Waals surface area (Å²) in [6.45, 7) is 3.49. The van der Waals surface area contributed by atoms with Crippen LogP contribution in [0.25, 0.3) is 22.2 Å². The van der Waals surface area contributed by atoms with Crippen molar-refractivity contribution >= 4 is 22.6 Å². The van der Waals surface area contributed by atoms with Gasteiger partial charge in [0.15, 0.2) is 5.76 Å². The molecule has 1 fully saturated rings. The maximum Gasteiger partial charge on any atom is 0.251 e. The molecule has 7 heteroatoms. The molecule has 2 aromatic heterocycles. The number of amides is 1. The van der Waals surface area contributed by atoms with Crippen LogP contribution in [-0.4, -0.2) is 42.4 Å². The van der Waals surface area contributed by atoms with Crippen LogP contribution >= 0.6 is 0 Å². The maximum atomic E-state index is 12.8. The number of hydrogen-bond donors (Lipinski definition) is 1. The van der Waals surface area contributed by atoms with Crippen molar-refractivity contribution in [2.24, 2.45) is 0 Å². The zero-order valence-corrected chi connectivity index (χ0v) is 17.0. The molecule has 5 rings (SSSR count). The monoisotopic (exact) mass is 414 g/mol. The van der Waals surface area contributed by atoms with Crippen molar-refractivity contribution in [2.45, 2.75) is 6.54 Å². The van der Waals surface area contributed by atoms with E-state index < -0.39 is 0 Å². The Bertz CT molecular complexity index is 1200. The van der Waals surface area contributed by atoms with Crippen LogP contribution in [0.4, 0.5) is 5.82 Å². The Hall–Kier alpha value is -3.71. The average molecular weight is 414 g/mol. The van der Waals surface area contributed by atoms with Crippen LogP contribution in [-0.2, 0) is 11.3 Å². The van der Waals surface area contributed by atoms with Gasteiger partial charge in [-0.1, -0.05) is 35.5 Å². The van der Waals surface area contributed by atoms with Crippen molar-refractivity contribution in [3.8, 4) is 11.3 Å². The second-order valence-electron chi connectivity index (χ2n) is 7.41. The largest absolute Gasteiger partial charge is 0.378 e. The lowest BCUT2D eigenvalue weighted by molar-refractivity contribution is 0.0951. The molecule has 1 saturated heterocycles. The number of anilines is 1. The van der Waals surface area contributed by atoms with Crippen LogP contribution in [0.15, 0.2) is 71.4 Å². The molecule has 156 valence electrons. The Morgan fingerprint density at radius 2 is 1.87 bits per heavy atom. The first-order valence-corrected chi connectivity index (χ1v) is 10.3. The van der Waals surface area contributed by atoms with Crippen molar-refractivity contribution in [1.29, 1.82) is 0 Å². The van der Waals surface area contributed by atoms with E-state index in [1.807, 2.05) is 54.6 Å². The highest BCUT2D eigenvalue weighted by atomic mass is 16.5. The van der Waals surface area contributed by atoms with Gasteiger partial charge in [0.05, 0.1) is 18.6 Å². The molecule has 1 aliphatic rings. The number of pyridine rings is 1. The number of carbonyl (C=O) groups excluding carboxylic acids is 1. The zero-order chi connectivity index (χ0) is 21.0. The molecule has 7 nitrogen and oxygen atoms in total. The molecule has 0 unspecified atom stereocenters. The molecular weight excluding hydrogens is 392 g/mol. The Balaban J connectivity index is 1.32. The minimum absolute atomic E-state index is 0.146. The van der Waals surface area contributed by atoms with Crippen molar-refractivity contribution in [3.63, 3.8) is 0 Å². The third-order valence-corrected chi connectivity index (χ3v) is 5.37. The van der Waals surface area contributed by atoms with Crippen LogP contribution < -0.4 is 10.2 Å². The molecule has 3 heterocycles. The number of aromatic nitrogens is 2. The molecule has 0 spiro atoms. The Morgan fingerprint density at radius 3 is 2.71 bits per heavy atom. The van der Waals surface area contributed by atoms with Crippen LogP contribution in [0.5, 0.6) is 0 Å². The Kier molecular flexibility index (Phi) is 5.33. The van der Waals surface area contributed by atoms with Gasteiger partial charge in [-0.2, -0.15) is 0 Å². The van der Waals surface area contributed by atoms with Gasteiger partial charge in [0.2, 0.25) is 0 Å². The molecule has 0 aliphatic carbocycles. The number of benzene rings is 2. The highest BCUT2D eigenvalue weighted by Crippen LogP contribution is 2.29. The summed E-state index contributed by atoms with van der Waals surface area (Å²) in [6, 6.07) is 19.1. The summed E-state index contributed by atoms with van der Waals surface area (Å²) < 4.78 is 10.9. The molecular formula is C24H22N4O3. The molecule has 1 N–H and O–H groups in total. The first kappa shape index (κ1) is 19.3. The summed E-state index contributed by atoms with van der Waals surface area (Å²) in [4.78, 5) is 19.5. The molecule has 0 bridgehead atoms. The normalized spacial score (nSPS) is 14.0. The van der Waals surface area contributed by atoms with E-state index in [2.05, 4.69) is 20.4 Å². The summed E-state index contributed by atoms with van der Waals surface area (Å²) in [6.07, 6.45) is 1.78. The second kappa shape index (κ2) is 8.57. The second-order valence-corrected chi connectivity index (χ2v) is 7.41. The van der Waals surface area contributed by atoms with Gasteiger partial charge in [0, 0.05) is 37.0 Å². The van der Waals surface area contributed by atoms with E-state index in [1.54, 1.807) is 12.3 Å². The topological polar surface area (TPSA) is 80.5 Å². The first-order chi connectivity index (χ1) is 15.3. The van der Waals surface area contributed by atoms with Crippen molar-refractivity contribution in [2.75, 3.05) is 31.2 Å². The van der Waals surface area contributed by atoms with Gasteiger partial charge in [-0.05, 0) is 35.9 Å². The van der Waals surface area contributed by atoms with E-state index in [0.717, 1.165) is 40.9 Å². The molecule has 0 saturated carbocycles. The minimum atomic E-state index is -0.146. The number of fused-ring (bicyclic) bond motifs is 1. The van der Waals surface area contributed by atoms with Gasteiger partial charge in [-0.15, -0.1) is 0 Å². The predicted octanol–water partition coefficient (Wildman–Crippen LogP) is 3.66. The standard InChI is InChI=1S/C24H22N4O3/c29-24(26-16-17-8-9-25-22(14-17)28-10-12-30-13-11-28)19-6-7-21-20(15-19)23(31-27-21)18-4-2-1-3-5-18/h1-9,14-15H,10-13,16H2,(H,26,29). The van der Waals surface area contributed by atoms with Crippen LogP contribution in [0.3, 0.4) is 0 Å². The van der Waals surface area contributed by atoms with Crippen LogP contribution in [0.1, 0.15) is 15.9 Å². The van der Waals surface area contributed by atoms with Crippen molar-refractivity contribution in [1.82, 2.24) is 15.5 Å². The van der Waals surface area contributed by atoms with Crippen LogP contribution in [0, 0.1) is 0 Å². The van der Waals surface area contributed by atoms with Gasteiger partial charge in [-0.25, -0.2) is 4.98 Å². The van der Waals surface area contributed by atoms with Gasteiger partial charge in [-0.3, -0.25) is 4.79 Å². The number of rotatable bonds is 5. The SMILES string of the molecule is O=C(NCc1ccnc(N2CCOCC2)c1)c1ccc2noc(-c3ccccc3)c2c1. The summed E-state index contributed by atoms with van der Waals surface area (Å²) in [7, 11) is 0. The number of carbonyl (C=O) groups is 1. The Morgan fingerprint density at radius 1 is 1.03 bits per heavy atom. The smallest absolute Gasteiger partial charge is 0.251 e. The summed E-state index contributed by atoms with van der Waals surface area (Å²) >= 11 is 0. The van der Waals surface area contributed by atoms with Crippen molar-refractivity contribution < 1.29 is 14.1 Å². The predicted molar refractivity (Wildman–Crippen MR) is 118 cm³/mol. The summed E-state index contributed by atoms with van der Waals surface area (Å²) in [5.41, 5.74) is 3.21. The number of ether oxygens (including phenoxy) is 1. The third kappa shape index (κ3) is 4.13. The van der Waals surface area contributed by atoms with E-state index in [4.69, 9.17) is 9.26 Å². The fourth-order valence-electron chi connectivity index (χ4n) is 3.70. The van der Waals surface area contributed by atoms with Crippen LogP contribution in [0.2, 0.25) is 0 Å². The zero-order valence-electron chi connectivity index (χ0n) is 17.0. The van der Waals surface area contributed by atoms with E-state index in [-0.39, 0.29) is 5.91 Å². The highest BCUT2D eigenvalue weighted by Gasteiger charge is 2.15. The number of nitrogens with one attached hydrogen (secondary N) is 1. The molecule has 0 atom stereocenters. The molecule has 2 aromatic carbocycles. The lowest BCUT2D eigenvalue weighted by Gasteiger charge is -2.28. The highest BCUT2D eigenvalue weighted by molar-refractivity contribution is 6.00. The van der Waals surface area contributed by atoms with Crippen molar-refractivity contribution in [3.05, 3.63) is 78.0 Å². The lowest BCUT2D eigenvalue weighted by Crippen LogP contribution is -2.36. The quantitative estimate of drug-likeness (QED) is 0.537. The number of morpholine rings is 1. The summed E-state index contributed by atoms with van der Waals surface area (Å²) in [5, 5.41) is 7.93. The first-order valence-electron chi connectivity index (χ1n) is 10.3. The van der Waals surface area contributed by atoms with E-state index in [0.29, 0.717) is 31.1 Å². The van der Waals surface area contributed by atoms with Gasteiger partial charge >= 0.3 is 0 Å². The minimum Gasteiger partial charge on any atom is -0.378 e. The third-order valence-electron chi connectivity index (χ3n) is 5.37. The van der Waals surface area contributed by atoms with E-state index in [1.165, 1.54) is 0 Å². The average Bonchev–Trinajstić information content (AvgIpc) is 3.27. The van der Waals surface area contributed by atoms with Gasteiger partial charge in [0.25, 0.3) is 5.91 Å². The summed E-state index contributed by atoms with van der Waals surface area (Å²) in [5.74, 6) is 1.43. The van der Waals surface area contributed by atoms with Gasteiger partial charge in [0.1, 0.15) is 11.3 Å². The fourth-order valence-corrected chi connectivity index (χ4v) is 3.70. The molecule has 4 aromatic rings. The van der Waals surface area contributed by atoms with Gasteiger partial charge < -0.3 is 19.5 Å². The number of hydrogen-bond acceptors (Lipinski definition) is 6. The molecule has 31 heavy (non-hydrogen) atoms. The molecule has 1 aliphatic heterocycles. The van der Waals surface area contributed by atoms with E-state index >= 15 is 0 Å².